The normalized spacial score (nSPS) is 19.2. The second-order valence-corrected chi connectivity index (χ2v) is 4.23. The van der Waals surface area contributed by atoms with Gasteiger partial charge in [0.05, 0.1) is 0 Å². The van der Waals surface area contributed by atoms with Crippen molar-refractivity contribution in [3.05, 3.63) is 22.7 Å². The molecule has 1 heterocycles. The van der Waals surface area contributed by atoms with E-state index >= 15 is 0 Å². The third-order valence-corrected chi connectivity index (χ3v) is 2.83. The Balaban J connectivity index is 2.64. The van der Waals surface area contributed by atoms with Crippen LogP contribution in [0.2, 0.25) is 5.15 Å². The number of hydrogen-bond acceptors (Lipinski definition) is 2. The predicted octanol–water partition coefficient (Wildman–Crippen LogP) is 2.35. The van der Waals surface area contributed by atoms with E-state index in [1.165, 1.54) is 0 Å². The highest BCUT2D eigenvalue weighted by Crippen LogP contribution is 2.40. The maximum atomic E-state index is 6.00. The second kappa shape index (κ2) is 2.43. The van der Waals surface area contributed by atoms with Crippen LogP contribution < -0.4 is 0 Å². The van der Waals surface area contributed by atoms with Crippen molar-refractivity contribution in [2.75, 3.05) is 0 Å². The molecule has 0 spiro atoms. The van der Waals surface area contributed by atoms with Crippen LogP contribution in [0.15, 0.2) is 6.33 Å². The lowest BCUT2D eigenvalue weighted by Crippen LogP contribution is -2.13. The van der Waals surface area contributed by atoms with Gasteiger partial charge in [0.15, 0.2) is 0 Å². The molecule has 1 aliphatic rings. The molecule has 0 aliphatic heterocycles. The lowest BCUT2D eigenvalue weighted by atomic mass is 9.88. The summed E-state index contributed by atoms with van der Waals surface area (Å²) in [4.78, 5) is 8.22. The van der Waals surface area contributed by atoms with Crippen LogP contribution in [0.4, 0.5) is 0 Å². The summed E-state index contributed by atoms with van der Waals surface area (Å²) < 4.78 is 0. The molecule has 1 aromatic heterocycles. The van der Waals surface area contributed by atoms with Gasteiger partial charge in [-0.1, -0.05) is 25.4 Å². The lowest BCUT2D eigenvalue weighted by Gasteiger charge is -2.18. The molecule has 64 valence electrons. The molecule has 2 rings (SSSR count). The molecular weight excluding hydrogens is 172 g/mol. The molecule has 0 unspecified atom stereocenters. The summed E-state index contributed by atoms with van der Waals surface area (Å²) in [6, 6.07) is 0. The summed E-state index contributed by atoms with van der Waals surface area (Å²) >= 11 is 6.00. The summed E-state index contributed by atoms with van der Waals surface area (Å²) in [5.74, 6) is 0. The van der Waals surface area contributed by atoms with Crippen molar-refractivity contribution in [1.29, 1.82) is 0 Å². The first-order chi connectivity index (χ1) is 5.61. The molecule has 12 heavy (non-hydrogen) atoms. The third kappa shape index (κ3) is 1.02. The molecule has 1 aliphatic carbocycles. The zero-order valence-corrected chi connectivity index (χ0v) is 8.02. The summed E-state index contributed by atoms with van der Waals surface area (Å²) in [6.45, 7) is 4.38. The van der Waals surface area contributed by atoms with Crippen LogP contribution in [0.3, 0.4) is 0 Å². The SMILES string of the molecule is CC1(C)CCc2ncnc(Cl)c21. The van der Waals surface area contributed by atoms with E-state index in [9.17, 15) is 0 Å². The first kappa shape index (κ1) is 7.99. The Labute approximate surface area is 77.0 Å². The Kier molecular flexibility index (Phi) is 1.62. The number of nitrogens with zero attached hydrogens (tertiary/aromatic N) is 2. The highest BCUT2D eigenvalue weighted by Gasteiger charge is 2.33. The van der Waals surface area contributed by atoms with Crippen molar-refractivity contribution in [3.8, 4) is 0 Å². The van der Waals surface area contributed by atoms with Crippen molar-refractivity contribution in [1.82, 2.24) is 9.97 Å². The standard InChI is InChI=1S/C9H11ClN2/c1-9(2)4-3-6-7(9)8(10)12-5-11-6/h5H,3-4H2,1-2H3. The molecule has 1 aromatic rings. The van der Waals surface area contributed by atoms with Gasteiger partial charge < -0.3 is 0 Å². The molecular formula is C9H11ClN2. The quantitative estimate of drug-likeness (QED) is 0.576. The van der Waals surface area contributed by atoms with Crippen LogP contribution in [0, 0.1) is 0 Å². The number of halogens is 1. The molecule has 0 saturated carbocycles. The van der Waals surface area contributed by atoms with E-state index in [1.807, 2.05) is 0 Å². The van der Waals surface area contributed by atoms with Crippen molar-refractivity contribution in [2.24, 2.45) is 0 Å². The Morgan fingerprint density at radius 1 is 1.42 bits per heavy atom. The zero-order valence-electron chi connectivity index (χ0n) is 7.26. The van der Waals surface area contributed by atoms with Gasteiger partial charge in [-0.2, -0.15) is 0 Å². The highest BCUT2D eigenvalue weighted by atomic mass is 35.5. The van der Waals surface area contributed by atoms with Gasteiger partial charge >= 0.3 is 0 Å². The van der Waals surface area contributed by atoms with Crippen molar-refractivity contribution < 1.29 is 0 Å². The summed E-state index contributed by atoms with van der Waals surface area (Å²) in [6.07, 6.45) is 3.70. The number of hydrogen-bond donors (Lipinski definition) is 0. The van der Waals surface area contributed by atoms with Crippen LogP contribution in [0.25, 0.3) is 0 Å². The van der Waals surface area contributed by atoms with Gasteiger partial charge in [0.2, 0.25) is 0 Å². The minimum atomic E-state index is 0.160. The number of fused-ring (bicyclic) bond motifs is 1. The van der Waals surface area contributed by atoms with Crippen LogP contribution in [-0.2, 0) is 11.8 Å². The van der Waals surface area contributed by atoms with Crippen LogP contribution in [0.5, 0.6) is 0 Å². The largest absolute Gasteiger partial charge is 0.241 e. The zero-order chi connectivity index (χ0) is 8.77. The van der Waals surface area contributed by atoms with E-state index in [0.717, 1.165) is 24.1 Å². The predicted molar refractivity (Wildman–Crippen MR) is 48.4 cm³/mol. The second-order valence-electron chi connectivity index (χ2n) is 3.87. The van der Waals surface area contributed by atoms with Gasteiger partial charge in [-0.3, -0.25) is 0 Å². The van der Waals surface area contributed by atoms with E-state index < -0.39 is 0 Å². The maximum absolute atomic E-state index is 6.00. The van der Waals surface area contributed by atoms with Crippen LogP contribution in [-0.4, -0.2) is 9.97 Å². The fourth-order valence-corrected chi connectivity index (χ4v) is 2.22. The third-order valence-electron chi connectivity index (χ3n) is 2.54. The maximum Gasteiger partial charge on any atom is 0.136 e. The summed E-state index contributed by atoms with van der Waals surface area (Å²) in [7, 11) is 0. The van der Waals surface area contributed by atoms with E-state index in [1.54, 1.807) is 6.33 Å². The van der Waals surface area contributed by atoms with Crippen LogP contribution in [0.1, 0.15) is 31.5 Å². The lowest BCUT2D eigenvalue weighted by molar-refractivity contribution is 0.521. The van der Waals surface area contributed by atoms with Gasteiger partial charge in [0.1, 0.15) is 11.5 Å². The Bertz CT molecular complexity index is 320. The number of aromatic nitrogens is 2. The monoisotopic (exact) mass is 182 g/mol. The molecule has 0 amide bonds. The van der Waals surface area contributed by atoms with E-state index in [2.05, 4.69) is 23.8 Å². The first-order valence-electron chi connectivity index (χ1n) is 4.11. The Morgan fingerprint density at radius 2 is 2.17 bits per heavy atom. The Hall–Kier alpha value is -0.630. The minimum absolute atomic E-state index is 0.160. The average Bonchev–Trinajstić information content (AvgIpc) is 2.29. The fraction of sp³-hybridized carbons (Fsp3) is 0.556. The topological polar surface area (TPSA) is 25.8 Å². The molecule has 0 aromatic carbocycles. The first-order valence-corrected chi connectivity index (χ1v) is 4.49. The van der Waals surface area contributed by atoms with Crippen molar-refractivity contribution >= 4 is 11.6 Å². The molecule has 2 nitrogen and oxygen atoms in total. The van der Waals surface area contributed by atoms with E-state index in [4.69, 9.17) is 11.6 Å². The smallest absolute Gasteiger partial charge is 0.136 e. The van der Waals surface area contributed by atoms with Crippen molar-refractivity contribution in [3.63, 3.8) is 0 Å². The van der Waals surface area contributed by atoms with E-state index in [-0.39, 0.29) is 5.41 Å². The Morgan fingerprint density at radius 3 is 2.83 bits per heavy atom. The fourth-order valence-electron chi connectivity index (χ4n) is 1.81. The molecule has 0 fully saturated rings. The molecule has 0 radical (unpaired) electrons. The molecule has 0 bridgehead atoms. The van der Waals surface area contributed by atoms with Crippen molar-refractivity contribution in [2.45, 2.75) is 32.1 Å². The number of rotatable bonds is 0. The van der Waals surface area contributed by atoms with Gasteiger partial charge in [-0.05, 0) is 18.3 Å². The van der Waals surface area contributed by atoms with Crippen LogP contribution >= 0.6 is 11.6 Å². The highest BCUT2D eigenvalue weighted by molar-refractivity contribution is 6.30. The molecule has 0 saturated heterocycles. The van der Waals surface area contributed by atoms with Gasteiger partial charge in [-0.15, -0.1) is 0 Å². The number of aryl methyl sites for hydroxylation is 1. The molecule has 0 atom stereocenters. The van der Waals surface area contributed by atoms with Gasteiger partial charge in [-0.25, -0.2) is 9.97 Å². The average molecular weight is 183 g/mol. The summed E-state index contributed by atoms with van der Waals surface area (Å²) in [5, 5.41) is 0.627. The van der Waals surface area contributed by atoms with Gasteiger partial charge in [0, 0.05) is 11.3 Å². The van der Waals surface area contributed by atoms with E-state index in [0.29, 0.717) is 5.15 Å². The molecule has 0 N–H and O–H groups in total. The summed E-state index contributed by atoms with van der Waals surface area (Å²) in [5.41, 5.74) is 2.43. The molecule has 3 heteroatoms. The van der Waals surface area contributed by atoms with Gasteiger partial charge in [0.25, 0.3) is 0 Å². The minimum Gasteiger partial charge on any atom is -0.241 e.